The number of carbonyl (C=O) groups excluding carboxylic acids is 1. The summed E-state index contributed by atoms with van der Waals surface area (Å²) in [7, 11) is 0. The minimum atomic E-state index is -0.108. The maximum Gasteiger partial charge on any atom is 0.256 e. The van der Waals surface area contributed by atoms with E-state index in [-0.39, 0.29) is 12.5 Å². The smallest absolute Gasteiger partial charge is 0.256 e. The van der Waals surface area contributed by atoms with Crippen molar-refractivity contribution >= 4 is 23.2 Å². The fourth-order valence-corrected chi connectivity index (χ4v) is 3.17. The molecular formula is C21H18N2O2. The van der Waals surface area contributed by atoms with Crippen molar-refractivity contribution in [2.24, 2.45) is 0 Å². The Morgan fingerprint density at radius 2 is 1.80 bits per heavy atom. The molecule has 0 atom stereocenters. The number of fused-ring (bicyclic) bond motifs is 1. The molecule has 0 fully saturated rings. The van der Waals surface area contributed by atoms with Gasteiger partial charge in [0.2, 0.25) is 0 Å². The molecule has 25 heavy (non-hydrogen) atoms. The predicted molar refractivity (Wildman–Crippen MR) is 99.4 cm³/mol. The third-order valence-corrected chi connectivity index (χ3v) is 4.45. The topological polar surface area (TPSA) is 54.3 Å². The molecule has 2 heterocycles. The number of rotatable bonds is 3. The lowest BCUT2D eigenvalue weighted by molar-refractivity contribution is -0.110. The van der Waals surface area contributed by atoms with Crippen LogP contribution in [0.4, 0.5) is 5.69 Å². The summed E-state index contributed by atoms with van der Waals surface area (Å²) in [5.74, 6) is -0.108. The fraction of sp³-hybridized carbons (Fsp3) is 0.0952. The van der Waals surface area contributed by atoms with E-state index in [9.17, 15) is 9.90 Å². The van der Waals surface area contributed by atoms with E-state index in [0.29, 0.717) is 5.57 Å². The number of hydrogen-bond donors (Lipinski definition) is 2. The van der Waals surface area contributed by atoms with Crippen molar-refractivity contribution in [3.05, 3.63) is 83.2 Å². The normalized spacial score (nSPS) is 14.6. The van der Waals surface area contributed by atoms with Gasteiger partial charge in [-0.15, -0.1) is 0 Å². The molecule has 0 unspecified atom stereocenters. The largest absolute Gasteiger partial charge is 0.390 e. The molecule has 4 heteroatoms. The Morgan fingerprint density at radius 1 is 1.04 bits per heavy atom. The second kappa shape index (κ2) is 6.07. The second-order valence-electron chi connectivity index (χ2n) is 6.14. The van der Waals surface area contributed by atoms with Crippen molar-refractivity contribution in [1.29, 1.82) is 0 Å². The molecule has 2 aromatic carbocycles. The highest BCUT2D eigenvalue weighted by Crippen LogP contribution is 2.33. The quantitative estimate of drug-likeness (QED) is 0.718. The number of aromatic nitrogens is 1. The molecule has 1 aliphatic rings. The van der Waals surface area contributed by atoms with Crippen LogP contribution in [-0.2, 0) is 11.4 Å². The summed E-state index contributed by atoms with van der Waals surface area (Å²) in [4.78, 5) is 12.4. The summed E-state index contributed by atoms with van der Waals surface area (Å²) in [5.41, 5.74) is 6.12. The monoisotopic (exact) mass is 330 g/mol. The van der Waals surface area contributed by atoms with Crippen LogP contribution < -0.4 is 5.32 Å². The highest BCUT2D eigenvalue weighted by Gasteiger charge is 2.24. The first kappa shape index (κ1) is 15.4. The molecule has 1 aliphatic heterocycles. The zero-order valence-electron chi connectivity index (χ0n) is 13.9. The van der Waals surface area contributed by atoms with Gasteiger partial charge in [0, 0.05) is 28.3 Å². The first-order valence-electron chi connectivity index (χ1n) is 8.18. The van der Waals surface area contributed by atoms with E-state index in [4.69, 9.17) is 0 Å². The Kier molecular flexibility index (Phi) is 3.75. The Hall–Kier alpha value is -3.11. The number of aryl methyl sites for hydroxylation is 1. The molecule has 0 saturated heterocycles. The Bertz CT molecular complexity index is 981. The second-order valence-corrected chi connectivity index (χ2v) is 6.14. The number of anilines is 1. The summed E-state index contributed by atoms with van der Waals surface area (Å²) >= 11 is 0. The summed E-state index contributed by atoms with van der Waals surface area (Å²) < 4.78 is 1.97. The van der Waals surface area contributed by atoms with Gasteiger partial charge >= 0.3 is 0 Å². The Balaban J connectivity index is 1.86. The lowest BCUT2D eigenvalue weighted by Gasteiger charge is -2.11. The Morgan fingerprint density at radius 3 is 2.56 bits per heavy atom. The molecule has 4 rings (SSSR count). The molecule has 3 aromatic rings. The molecule has 1 amide bonds. The molecular weight excluding hydrogens is 312 g/mol. The number of aliphatic hydroxyl groups is 1. The molecule has 0 radical (unpaired) electrons. The number of aliphatic hydroxyl groups excluding tert-OH is 1. The van der Waals surface area contributed by atoms with Gasteiger partial charge in [-0.05, 0) is 43.3 Å². The third kappa shape index (κ3) is 2.66. The lowest BCUT2D eigenvalue weighted by atomic mass is 10.1. The van der Waals surface area contributed by atoms with E-state index in [0.717, 1.165) is 28.3 Å². The van der Waals surface area contributed by atoms with Gasteiger partial charge in [-0.2, -0.15) is 0 Å². The summed E-state index contributed by atoms with van der Waals surface area (Å²) in [5, 5.41) is 12.6. The number of benzene rings is 2. The van der Waals surface area contributed by atoms with Crippen LogP contribution in [0.3, 0.4) is 0 Å². The number of nitrogens with zero attached hydrogens (tertiary/aromatic N) is 1. The first-order chi connectivity index (χ1) is 12.2. The van der Waals surface area contributed by atoms with E-state index in [1.807, 2.05) is 78.2 Å². The number of hydrogen-bond acceptors (Lipinski definition) is 2. The van der Waals surface area contributed by atoms with E-state index >= 15 is 0 Å². The average Bonchev–Trinajstić information content (AvgIpc) is 3.17. The summed E-state index contributed by atoms with van der Waals surface area (Å²) in [6.45, 7) is 1.97. The summed E-state index contributed by atoms with van der Waals surface area (Å²) in [6.07, 6.45) is 1.88. The molecule has 1 aromatic heterocycles. The van der Waals surface area contributed by atoms with Crippen LogP contribution in [0.5, 0.6) is 0 Å². The number of amides is 1. The van der Waals surface area contributed by atoms with Crippen molar-refractivity contribution in [3.8, 4) is 5.69 Å². The number of para-hydroxylation sites is 1. The van der Waals surface area contributed by atoms with Gasteiger partial charge in [0.05, 0.1) is 12.2 Å². The van der Waals surface area contributed by atoms with Crippen molar-refractivity contribution < 1.29 is 9.90 Å². The maximum atomic E-state index is 12.4. The minimum absolute atomic E-state index is 0.0696. The third-order valence-electron chi connectivity index (χ3n) is 4.45. The Labute approximate surface area is 146 Å². The van der Waals surface area contributed by atoms with Gasteiger partial charge in [0.25, 0.3) is 5.91 Å². The molecule has 124 valence electrons. The zero-order chi connectivity index (χ0) is 17.4. The standard InChI is InChI=1S/C21H18N2O2/c1-14-6-8-15(9-7-14)23-16(10-11-17(23)13-24)12-19-18-4-2-3-5-20(18)22-21(19)25/h2-12,24H,13H2,1H3,(H,22,25)/b19-12-. The van der Waals surface area contributed by atoms with E-state index in [2.05, 4.69) is 5.32 Å². The van der Waals surface area contributed by atoms with Gasteiger partial charge in [0.15, 0.2) is 0 Å². The summed E-state index contributed by atoms with van der Waals surface area (Å²) in [6, 6.07) is 19.6. The van der Waals surface area contributed by atoms with Crippen molar-refractivity contribution in [2.75, 3.05) is 5.32 Å². The van der Waals surface area contributed by atoms with Crippen molar-refractivity contribution in [2.45, 2.75) is 13.5 Å². The molecule has 0 saturated carbocycles. The molecule has 2 N–H and O–H groups in total. The van der Waals surface area contributed by atoms with Crippen molar-refractivity contribution in [1.82, 2.24) is 4.57 Å². The van der Waals surface area contributed by atoms with E-state index < -0.39 is 0 Å². The van der Waals surface area contributed by atoms with Crippen LogP contribution in [-0.4, -0.2) is 15.6 Å². The van der Waals surface area contributed by atoms with Crippen LogP contribution in [0.1, 0.15) is 22.5 Å². The zero-order valence-corrected chi connectivity index (χ0v) is 13.9. The van der Waals surface area contributed by atoms with Gasteiger partial charge in [0.1, 0.15) is 0 Å². The number of carbonyl (C=O) groups is 1. The minimum Gasteiger partial charge on any atom is -0.390 e. The molecule has 4 nitrogen and oxygen atoms in total. The molecule has 0 aliphatic carbocycles. The van der Waals surface area contributed by atoms with Gasteiger partial charge in [-0.1, -0.05) is 35.9 Å². The van der Waals surface area contributed by atoms with E-state index in [1.165, 1.54) is 5.56 Å². The van der Waals surface area contributed by atoms with Gasteiger partial charge in [-0.25, -0.2) is 0 Å². The van der Waals surface area contributed by atoms with Crippen LogP contribution in [0.2, 0.25) is 0 Å². The van der Waals surface area contributed by atoms with Crippen LogP contribution in [0, 0.1) is 6.92 Å². The van der Waals surface area contributed by atoms with Crippen LogP contribution in [0.15, 0.2) is 60.7 Å². The molecule has 0 spiro atoms. The predicted octanol–water partition coefficient (Wildman–Crippen LogP) is 3.77. The first-order valence-corrected chi connectivity index (χ1v) is 8.18. The fourth-order valence-electron chi connectivity index (χ4n) is 3.17. The maximum absolute atomic E-state index is 12.4. The lowest BCUT2D eigenvalue weighted by Crippen LogP contribution is -2.05. The van der Waals surface area contributed by atoms with Crippen LogP contribution >= 0.6 is 0 Å². The SMILES string of the molecule is Cc1ccc(-n2c(/C=C3\C(=O)Nc4ccccc43)ccc2CO)cc1. The van der Waals surface area contributed by atoms with Gasteiger partial charge < -0.3 is 15.0 Å². The highest BCUT2D eigenvalue weighted by molar-refractivity contribution is 6.34. The average molecular weight is 330 g/mol. The number of nitrogens with one attached hydrogen (secondary N) is 1. The van der Waals surface area contributed by atoms with Crippen LogP contribution in [0.25, 0.3) is 17.3 Å². The van der Waals surface area contributed by atoms with Gasteiger partial charge in [-0.3, -0.25) is 4.79 Å². The van der Waals surface area contributed by atoms with E-state index in [1.54, 1.807) is 0 Å². The van der Waals surface area contributed by atoms with Crippen molar-refractivity contribution in [3.63, 3.8) is 0 Å². The molecule has 0 bridgehead atoms. The highest BCUT2D eigenvalue weighted by atomic mass is 16.3.